The lowest BCUT2D eigenvalue weighted by Crippen LogP contribution is -2.49. The molecule has 1 aromatic carbocycles. The van der Waals surface area contributed by atoms with Crippen molar-refractivity contribution in [3.8, 4) is 17.5 Å². The first-order valence-electron chi connectivity index (χ1n) is 12.1. The van der Waals surface area contributed by atoms with Gasteiger partial charge in [-0.2, -0.15) is 10.4 Å². The van der Waals surface area contributed by atoms with Gasteiger partial charge >= 0.3 is 0 Å². The molecule has 5 rings (SSSR count). The van der Waals surface area contributed by atoms with Crippen LogP contribution >= 0.6 is 0 Å². The average Bonchev–Trinajstić information content (AvgIpc) is 3.29. The minimum Gasteiger partial charge on any atom is -0.370 e. The van der Waals surface area contributed by atoms with Gasteiger partial charge in [0.15, 0.2) is 5.82 Å². The van der Waals surface area contributed by atoms with E-state index in [0.717, 1.165) is 35.1 Å². The molecule has 0 aliphatic carbocycles. The number of rotatable bonds is 8. The first kappa shape index (κ1) is 24.6. The Morgan fingerprint density at radius 1 is 1.14 bits per heavy atom. The highest BCUT2D eigenvalue weighted by molar-refractivity contribution is 7.90. The maximum Gasteiger partial charge on any atom is 0.164 e. The average molecular weight is 517 g/mol. The summed E-state index contributed by atoms with van der Waals surface area (Å²) in [5.74, 6) is 2.45. The zero-order chi connectivity index (χ0) is 26.2. The summed E-state index contributed by atoms with van der Waals surface area (Å²) in [6.45, 7) is 5.93. The van der Waals surface area contributed by atoms with Crippen molar-refractivity contribution in [2.24, 2.45) is 5.92 Å². The fourth-order valence-corrected chi connectivity index (χ4v) is 5.80. The van der Waals surface area contributed by atoms with E-state index in [1.807, 2.05) is 12.3 Å². The number of hydrogen-bond donors (Lipinski definition) is 1. The molecule has 0 saturated carbocycles. The van der Waals surface area contributed by atoms with Gasteiger partial charge < -0.3 is 10.2 Å². The molecule has 0 unspecified atom stereocenters. The van der Waals surface area contributed by atoms with Crippen LogP contribution in [-0.4, -0.2) is 58.2 Å². The van der Waals surface area contributed by atoms with Gasteiger partial charge in [0.2, 0.25) is 0 Å². The van der Waals surface area contributed by atoms with Crippen LogP contribution in [0.1, 0.15) is 25.3 Å². The number of fused-ring (bicyclic) bond motifs is 1. The van der Waals surface area contributed by atoms with Crippen LogP contribution in [0, 0.1) is 17.2 Å². The van der Waals surface area contributed by atoms with Crippen LogP contribution in [0.3, 0.4) is 0 Å². The lowest BCUT2D eigenvalue weighted by Gasteiger charge is -2.41. The molecular formula is C26H28N8O2S. The topological polar surface area (TPSA) is 130 Å². The molecule has 11 heteroatoms. The summed E-state index contributed by atoms with van der Waals surface area (Å²) in [6.07, 6.45) is 8.21. The highest BCUT2D eigenvalue weighted by Gasteiger charge is 2.31. The van der Waals surface area contributed by atoms with Gasteiger partial charge in [-0.25, -0.2) is 23.4 Å². The molecule has 1 fully saturated rings. The third-order valence-electron chi connectivity index (χ3n) is 6.41. The van der Waals surface area contributed by atoms with E-state index in [9.17, 15) is 8.42 Å². The summed E-state index contributed by atoms with van der Waals surface area (Å²) in [7, 11) is -2.98. The Morgan fingerprint density at radius 2 is 1.95 bits per heavy atom. The van der Waals surface area contributed by atoms with Crippen LogP contribution < -0.4 is 10.2 Å². The first-order valence-corrected chi connectivity index (χ1v) is 14.1. The number of nitrogens with one attached hydrogen (secondary N) is 1. The lowest BCUT2D eigenvalue weighted by molar-refractivity contribution is 0.445. The van der Waals surface area contributed by atoms with Crippen molar-refractivity contribution < 1.29 is 8.42 Å². The van der Waals surface area contributed by atoms with Crippen LogP contribution in [0.25, 0.3) is 22.2 Å². The molecule has 4 aromatic rings. The fourth-order valence-electron chi connectivity index (χ4n) is 4.73. The van der Waals surface area contributed by atoms with E-state index in [1.54, 1.807) is 24.7 Å². The van der Waals surface area contributed by atoms with Gasteiger partial charge in [0, 0.05) is 54.9 Å². The highest BCUT2D eigenvalue weighted by Crippen LogP contribution is 2.37. The number of pyridine rings is 1. The van der Waals surface area contributed by atoms with Crippen molar-refractivity contribution >= 4 is 37.9 Å². The van der Waals surface area contributed by atoms with Gasteiger partial charge in [0.25, 0.3) is 0 Å². The largest absolute Gasteiger partial charge is 0.370 e. The predicted octanol–water partition coefficient (Wildman–Crippen LogP) is 3.76. The minimum absolute atomic E-state index is 0.155. The summed E-state index contributed by atoms with van der Waals surface area (Å²) < 4.78 is 24.9. The Labute approximate surface area is 215 Å². The Hall–Kier alpha value is -4.04. The third kappa shape index (κ3) is 5.39. The molecule has 3 aromatic heterocycles. The summed E-state index contributed by atoms with van der Waals surface area (Å²) in [5, 5.41) is 18.5. The van der Waals surface area contributed by atoms with Crippen molar-refractivity contribution in [1.29, 1.82) is 5.26 Å². The predicted molar refractivity (Wildman–Crippen MR) is 143 cm³/mol. The Morgan fingerprint density at radius 3 is 2.68 bits per heavy atom. The monoisotopic (exact) mass is 516 g/mol. The number of nitriles is 1. The zero-order valence-corrected chi connectivity index (χ0v) is 21.8. The molecule has 37 heavy (non-hydrogen) atoms. The minimum atomic E-state index is -2.98. The van der Waals surface area contributed by atoms with E-state index in [2.05, 4.69) is 62.3 Å². The Balaban J connectivity index is 1.42. The van der Waals surface area contributed by atoms with Gasteiger partial charge in [-0.1, -0.05) is 19.9 Å². The smallest absolute Gasteiger partial charge is 0.164 e. The van der Waals surface area contributed by atoms with Crippen molar-refractivity contribution in [2.45, 2.75) is 26.3 Å². The summed E-state index contributed by atoms with van der Waals surface area (Å²) in [6, 6.07) is 10.1. The second kappa shape index (κ2) is 9.78. The van der Waals surface area contributed by atoms with Crippen molar-refractivity contribution in [3.05, 3.63) is 54.6 Å². The highest BCUT2D eigenvalue weighted by atomic mass is 32.2. The molecule has 0 amide bonds. The third-order valence-corrected chi connectivity index (χ3v) is 7.48. The van der Waals surface area contributed by atoms with E-state index < -0.39 is 9.84 Å². The zero-order valence-electron chi connectivity index (χ0n) is 21.0. The molecule has 10 nitrogen and oxygen atoms in total. The van der Waals surface area contributed by atoms with Crippen LogP contribution in [0.15, 0.2) is 49.1 Å². The second-order valence-corrected chi connectivity index (χ2v) is 12.0. The van der Waals surface area contributed by atoms with Crippen molar-refractivity contribution in [1.82, 2.24) is 24.7 Å². The summed E-state index contributed by atoms with van der Waals surface area (Å²) in [4.78, 5) is 15.8. The number of aromatic nitrogens is 5. The van der Waals surface area contributed by atoms with Gasteiger partial charge in [-0.3, -0.25) is 4.68 Å². The second-order valence-electron chi connectivity index (χ2n) is 9.78. The van der Waals surface area contributed by atoms with Crippen molar-refractivity contribution in [2.75, 3.05) is 35.3 Å². The number of benzene rings is 1. The molecular weight excluding hydrogens is 488 g/mol. The normalized spacial score (nSPS) is 14.1. The summed E-state index contributed by atoms with van der Waals surface area (Å²) in [5.41, 5.74) is 3.01. The molecule has 1 aliphatic rings. The van der Waals surface area contributed by atoms with E-state index >= 15 is 0 Å². The molecule has 1 saturated heterocycles. The van der Waals surface area contributed by atoms with Gasteiger partial charge in [0.1, 0.15) is 28.0 Å². The lowest BCUT2D eigenvalue weighted by atomic mass is 9.93. The standard InChI is InChI=1S/C26H28N8O2S/c1-17(2)20-4-5-23(33-13-18(14-33)16-37(3,35)36)22-12-29-25(10-21(20)22)31-24-6-8-28-26(32-24)19-11-30-34(15-19)9-7-27/h4-6,8,10-12,15,17-18H,9,13-14,16H2,1-3H3,(H,28,29,31,32). The fraction of sp³-hybridized carbons (Fsp3) is 0.346. The SMILES string of the molecule is CC(C)c1ccc(N2CC(CS(C)(=O)=O)C2)c2cnc(Nc3ccnc(-c4cnn(CC#N)c4)n3)cc12. The number of nitrogens with zero attached hydrogens (tertiary/aromatic N) is 7. The maximum atomic E-state index is 11.7. The van der Waals surface area contributed by atoms with E-state index in [4.69, 9.17) is 5.26 Å². The van der Waals surface area contributed by atoms with Gasteiger partial charge in [-0.15, -0.1) is 0 Å². The number of anilines is 3. The number of hydrogen-bond acceptors (Lipinski definition) is 9. The molecule has 0 bridgehead atoms. The van der Waals surface area contributed by atoms with Gasteiger partial charge in [0.05, 0.1) is 23.6 Å². The van der Waals surface area contributed by atoms with Crippen molar-refractivity contribution in [3.63, 3.8) is 0 Å². The first-order chi connectivity index (χ1) is 17.7. The van der Waals surface area contributed by atoms with E-state index in [-0.39, 0.29) is 18.2 Å². The van der Waals surface area contributed by atoms with E-state index in [0.29, 0.717) is 23.4 Å². The molecule has 190 valence electrons. The maximum absolute atomic E-state index is 11.7. The Kier molecular flexibility index (Phi) is 6.52. The molecule has 0 radical (unpaired) electrons. The van der Waals surface area contributed by atoms with Crippen LogP contribution in [0.4, 0.5) is 17.3 Å². The molecule has 1 N–H and O–H groups in total. The Bertz CT molecular complexity index is 1600. The molecule has 0 spiro atoms. The molecule has 1 aliphatic heterocycles. The quantitative estimate of drug-likeness (QED) is 0.372. The summed E-state index contributed by atoms with van der Waals surface area (Å²) >= 11 is 0. The van der Waals surface area contributed by atoms with Gasteiger partial charge in [-0.05, 0) is 35.1 Å². The van der Waals surface area contributed by atoms with Crippen LogP contribution in [-0.2, 0) is 16.4 Å². The van der Waals surface area contributed by atoms with E-state index in [1.165, 1.54) is 16.5 Å². The van der Waals surface area contributed by atoms with Crippen LogP contribution in [0.2, 0.25) is 0 Å². The number of sulfone groups is 1. The molecule has 0 atom stereocenters. The molecule has 4 heterocycles. The van der Waals surface area contributed by atoms with Crippen LogP contribution in [0.5, 0.6) is 0 Å².